The first-order valence-corrected chi connectivity index (χ1v) is 6.30. The Balaban J connectivity index is 2.76. The number of carbonyl (C=O) groups is 1. The Morgan fingerprint density at radius 1 is 1.24 bits per heavy atom. The highest BCUT2D eigenvalue weighted by Gasteiger charge is 2.19. The second-order valence-corrected chi connectivity index (χ2v) is 5.22. The summed E-state index contributed by atoms with van der Waals surface area (Å²) in [6.07, 6.45) is 0. The van der Waals surface area contributed by atoms with Gasteiger partial charge in [-0.2, -0.15) is 0 Å². The van der Waals surface area contributed by atoms with E-state index in [-0.39, 0.29) is 10.6 Å². The quantitative estimate of drug-likeness (QED) is 0.635. The molecule has 0 aromatic heterocycles. The number of hydrogen-bond acceptors (Lipinski definition) is 2. The van der Waals surface area contributed by atoms with Gasteiger partial charge < -0.3 is 4.74 Å². The van der Waals surface area contributed by atoms with Crippen molar-refractivity contribution in [3.05, 3.63) is 42.0 Å². The number of rotatable bonds is 3. The van der Waals surface area contributed by atoms with Crippen molar-refractivity contribution >= 4 is 32.5 Å². The van der Waals surface area contributed by atoms with E-state index in [1.807, 2.05) is 43.3 Å². The van der Waals surface area contributed by atoms with Crippen LogP contribution in [0.15, 0.2) is 36.4 Å². The average Bonchev–Trinajstić information content (AvgIpc) is 2.36. The Morgan fingerprint density at radius 2 is 1.94 bits per heavy atom. The zero-order valence-electron chi connectivity index (χ0n) is 9.74. The van der Waals surface area contributed by atoms with E-state index in [1.165, 1.54) is 0 Å². The van der Waals surface area contributed by atoms with E-state index in [1.54, 1.807) is 7.11 Å². The molecule has 0 heterocycles. The van der Waals surface area contributed by atoms with Crippen LogP contribution in [0.1, 0.15) is 17.3 Å². The van der Waals surface area contributed by atoms with E-state index in [0.29, 0.717) is 11.3 Å². The Hall–Kier alpha value is -1.35. The first-order chi connectivity index (χ1) is 8.15. The molecule has 17 heavy (non-hydrogen) atoms. The maximum atomic E-state index is 12.2. The fourth-order valence-electron chi connectivity index (χ4n) is 1.87. The number of halogens is 1. The number of benzene rings is 2. The van der Waals surface area contributed by atoms with Gasteiger partial charge in [0, 0.05) is 0 Å². The third kappa shape index (κ3) is 2.20. The van der Waals surface area contributed by atoms with E-state index in [4.69, 9.17) is 4.74 Å². The molecule has 0 amide bonds. The third-order valence-corrected chi connectivity index (χ3v) is 3.13. The van der Waals surface area contributed by atoms with Gasteiger partial charge in [0.15, 0.2) is 5.78 Å². The van der Waals surface area contributed by atoms with Gasteiger partial charge in [-0.15, -0.1) is 0 Å². The van der Waals surface area contributed by atoms with E-state index < -0.39 is 0 Å². The van der Waals surface area contributed by atoms with Crippen LogP contribution in [-0.2, 0) is 0 Å². The van der Waals surface area contributed by atoms with Gasteiger partial charge in [-0.25, -0.2) is 0 Å². The van der Waals surface area contributed by atoms with Crippen LogP contribution in [0.3, 0.4) is 0 Å². The number of carbonyl (C=O) groups excluding carboxylic acids is 1. The summed E-state index contributed by atoms with van der Waals surface area (Å²) in [5.41, 5.74) is 0.648. The van der Waals surface area contributed by atoms with Crippen LogP contribution in [0.25, 0.3) is 10.8 Å². The lowest BCUT2D eigenvalue weighted by atomic mass is 9.99. The number of Topliss-reactive ketones (excluding diaryl/α,β-unsaturated/α-hetero) is 1. The maximum absolute atomic E-state index is 12.2. The number of ether oxygens (including phenoxy) is 1. The Kier molecular flexibility index (Phi) is 3.48. The maximum Gasteiger partial charge on any atom is 0.180 e. The van der Waals surface area contributed by atoms with Gasteiger partial charge in [0.1, 0.15) is 5.75 Å². The number of fused-ring (bicyclic) bond motifs is 1. The molecule has 88 valence electrons. The highest BCUT2D eigenvalue weighted by molar-refractivity contribution is 9.10. The minimum atomic E-state index is -0.220. The van der Waals surface area contributed by atoms with Gasteiger partial charge in [-0.05, 0) is 23.8 Å². The molecule has 0 N–H and O–H groups in total. The van der Waals surface area contributed by atoms with Gasteiger partial charge >= 0.3 is 0 Å². The number of ketones is 1. The monoisotopic (exact) mass is 292 g/mol. The number of methoxy groups -OCH3 is 1. The first kappa shape index (κ1) is 12.1. The van der Waals surface area contributed by atoms with Crippen molar-refractivity contribution in [3.63, 3.8) is 0 Å². The fraction of sp³-hybridized carbons (Fsp3) is 0.214. The van der Waals surface area contributed by atoms with Crippen LogP contribution in [0, 0.1) is 0 Å². The molecule has 3 heteroatoms. The topological polar surface area (TPSA) is 26.3 Å². The molecule has 2 rings (SSSR count). The summed E-state index contributed by atoms with van der Waals surface area (Å²) in [7, 11) is 1.58. The van der Waals surface area contributed by atoms with Crippen molar-refractivity contribution in [2.45, 2.75) is 11.8 Å². The first-order valence-electron chi connectivity index (χ1n) is 5.39. The van der Waals surface area contributed by atoms with Crippen molar-refractivity contribution < 1.29 is 9.53 Å². The summed E-state index contributed by atoms with van der Waals surface area (Å²) in [4.78, 5) is 12.0. The molecule has 0 aliphatic carbocycles. The zero-order chi connectivity index (χ0) is 12.4. The predicted molar refractivity (Wildman–Crippen MR) is 73.2 cm³/mol. The molecule has 2 aromatic carbocycles. The molecular weight excluding hydrogens is 280 g/mol. The minimum Gasteiger partial charge on any atom is -0.496 e. The van der Waals surface area contributed by atoms with Crippen LogP contribution in [-0.4, -0.2) is 17.7 Å². The predicted octanol–water partition coefficient (Wildman–Crippen LogP) is 3.81. The van der Waals surface area contributed by atoms with Gasteiger partial charge in [0.25, 0.3) is 0 Å². The molecule has 0 radical (unpaired) electrons. The van der Waals surface area contributed by atoms with Crippen molar-refractivity contribution in [3.8, 4) is 5.75 Å². The van der Waals surface area contributed by atoms with E-state index in [9.17, 15) is 4.79 Å². The zero-order valence-corrected chi connectivity index (χ0v) is 11.3. The second-order valence-electron chi connectivity index (χ2n) is 3.84. The summed E-state index contributed by atoms with van der Waals surface area (Å²) < 4.78 is 5.28. The molecule has 0 saturated carbocycles. The standard InChI is InChI=1S/C14H13BrO2/c1-9(15)14(16)13-11-6-4-3-5-10(11)7-8-12(13)17-2/h3-9H,1-2H3. The fourth-order valence-corrected chi connectivity index (χ4v) is 2.10. The van der Waals surface area contributed by atoms with Crippen molar-refractivity contribution in [2.75, 3.05) is 7.11 Å². The SMILES string of the molecule is COc1ccc2ccccc2c1C(=O)C(C)Br. The Bertz CT molecular complexity index is 561. The molecule has 0 saturated heterocycles. The lowest BCUT2D eigenvalue weighted by molar-refractivity contribution is 0.0994. The Labute approximate surface area is 109 Å². The summed E-state index contributed by atoms with van der Waals surface area (Å²) in [5.74, 6) is 0.665. The van der Waals surface area contributed by atoms with Crippen molar-refractivity contribution in [1.29, 1.82) is 0 Å². The van der Waals surface area contributed by atoms with Crippen LogP contribution in [0.4, 0.5) is 0 Å². The number of hydrogen-bond donors (Lipinski definition) is 0. The van der Waals surface area contributed by atoms with Crippen LogP contribution in [0.5, 0.6) is 5.75 Å². The van der Waals surface area contributed by atoms with Crippen LogP contribution in [0.2, 0.25) is 0 Å². The molecule has 0 bridgehead atoms. The van der Waals surface area contributed by atoms with Gasteiger partial charge in [-0.3, -0.25) is 4.79 Å². The largest absolute Gasteiger partial charge is 0.496 e. The summed E-state index contributed by atoms with van der Waals surface area (Å²) in [5, 5.41) is 1.98. The van der Waals surface area contributed by atoms with E-state index in [0.717, 1.165) is 10.8 Å². The molecule has 2 aromatic rings. The summed E-state index contributed by atoms with van der Waals surface area (Å²) in [6, 6.07) is 11.6. The molecule has 1 unspecified atom stereocenters. The van der Waals surface area contributed by atoms with Crippen LogP contribution >= 0.6 is 15.9 Å². The lowest BCUT2D eigenvalue weighted by Crippen LogP contribution is -2.12. The van der Waals surface area contributed by atoms with E-state index in [2.05, 4.69) is 15.9 Å². The highest BCUT2D eigenvalue weighted by Crippen LogP contribution is 2.30. The molecular formula is C14H13BrO2. The van der Waals surface area contributed by atoms with Gasteiger partial charge in [-0.1, -0.05) is 46.3 Å². The van der Waals surface area contributed by atoms with Crippen molar-refractivity contribution in [2.24, 2.45) is 0 Å². The van der Waals surface area contributed by atoms with Crippen molar-refractivity contribution in [1.82, 2.24) is 0 Å². The molecule has 1 atom stereocenters. The molecule has 0 spiro atoms. The highest BCUT2D eigenvalue weighted by atomic mass is 79.9. The number of alkyl halides is 1. The molecule has 2 nitrogen and oxygen atoms in total. The minimum absolute atomic E-state index is 0.0404. The smallest absolute Gasteiger partial charge is 0.180 e. The summed E-state index contributed by atoms with van der Waals surface area (Å²) in [6.45, 7) is 1.82. The lowest BCUT2D eigenvalue weighted by Gasteiger charge is -2.12. The molecule has 0 aliphatic heterocycles. The van der Waals surface area contributed by atoms with Gasteiger partial charge in [0.05, 0.1) is 17.5 Å². The Morgan fingerprint density at radius 3 is 2.59 bits per heavy atom. The van der Waals surface area contributed by atoms with Crippen LogP contribution < -0.4 is 4.74 Å². The third-order valence-electron chi connectivity index (χ3n) is 2.72. The normalized spacial score (nSPS) is 12.4. The summed E-state index contributed by atoms with van der Waals surface area (Å²) >= 11 is 3.32. The van der Waals surface area contributed by atoms with Gasteiger partial charge in [0.2, 0.25) is 0 Å². The molecule has 0 fully saturated rings. The molecule has 0 aliphatic rings. The van der Waals surface area contributed by atoms with E-state index >= 15 is 0 Å². The average molecular weight is 293 g/mol. The second kappa shape index (κ2) is 4.88.